The Labute approximate surface area is 139 Å². The highest BCUT2D eigenvalue weighted by atomic mass is 16.5. The van der Waals surface area contributed by atoms with Gasteiger partial charge in [-0.3, -0.25) is 0 Å². The van der Waals surface area contributed by atoms with Gasteiger partial charge in [0.1, 0.15) is 29.2 Å². The minimum atomic E-state index is 0.202. The molecule has 0 aliphatic carbocycles. The van der Waals surface area contributed by atoms with Gasteiger partial charge in [-0.15, -0.1) is 4.91 Å². The van der Waals surface area contributed by atoms with Gasteiger partial charge in [-0.1, -0.05) is 0 Å². The van der Waals surface area contributed by atoms with Gasteiger partial charge in [0.2, 0.25) is 0 Å². The average Bonchev–Trinajstić information content (AvgIpc) is 2.67. The van der Waals surface area contributed by atoms with E-state index in [9.17, 15) is 4.91 Å². The second-order valence-electron chi connectivity index (χ2n) is 4.97. The summed E-state index contributed by atoms with van der Waals surface area (Å²) in [6.45, 7) is 0. The number of methoxy groups -OCH3 is 2. The van der Waals surface area contributed by atoms with Crippen LogP contribution in [0.4, 0.5) is 5.69 Å². The molecule has 0 N–H and O–H groups in total. The summed E-state index contributed by atoms with van der Waals surface area (Å²) in [6, 6.07) is 14.5. The summed E-state index contributed by atoms with van der Waals surface area (Å²) >= 11 is 0. The van der Waals surface area contributed by atoms with Crippen LogP contribution in [0.1, 0.15) is 0 Å². The molecular formula is C18H15N3O3. The average molecular weight is 321 g/mol. The molecule has 2 aromatic carbocycles. The molecule has 0 unspecified atom stereocenters. The lowest BCUT2D eigenvalue weighted by molar-refractivity contribution is 0.415. The zero-order valence-corrected chi connectivity index (χ0v) is 13.3. The molecular weight excluding hydrogens is 306 g/mol. The minimum absolute atomic E-state index is 0.202. The molecule has 0 radical (unpaired) electrons. The highest BCUT2D eigenvalue weighted by molar-refractivity contribution is 5.83. The quantitative estimate of drug-likeness (QED) is 0.658. The fourth-order valence-electron chi connectivity index (χ4n) is 2.39. The van der Waals surface area contributed by atoms with Crippen molar-refractivity contribution in [1.82, 2.24) is 9.97 Å². The summed E-state index contributed by atoms with van der Waals surface area (Å²) in [5.74, 6) is 1.45. The first-order chi connectivity index (χ1) is 11.8. The first-order valence-corrected chi connectivity index (χ1v) is 7.24. The molecule has 0 bridgehead atoms. The van der Waals surface area contributed by atoms with Crippen molar-refractivity contribution in [3.8, 4) is 34.0 Å². The summed E-state index contributed by atoms with van der Waals surface area (Å²) in [5.41, 5.74) is 2.69. The predicted molar refractivity (Wildman–Crippen MR) is 91.5 cm³/mol. The van der Waals surface area contributed by atoms with Crippen molar-refractivity contribution in [3.05, 3.63) is 59.8 Å². The first-order valence-electron chi connectivity index (χ1n) is 7.24. The zero-order chi connectivity index (χ0) is 16.9. The Morgan fingerprint density at radius 2 is 1.17 bits per heavy atom. The second kappa shape index (κ2) is 6.87. The third-order valence-electron chi connectivity index (χ3n) is 3.64. The van der Waals surface area contributed by atoms with E-state index in [0.29, 0.717) is 11.4 Å². The molecule has 0 aliphatic rings. The Kier molecular flexibility index (Phi) is 4.47. The van der Waals surface area contributed by atoms with E-state index in [4.69, 9.17) is 9.47 Å². The molecule has 0 aliphatic heterocycles. The van der Waals surface area contributed by atoms with E-state index in [-0.39, 0.29) is 5.69 Å². The number of nitroso groups, excluding NO2 is 1. The number of benzene rings is 2. The van der Waals surface area contributed by atoms with Crippen LogP contribution in [-0.4, -0.2) is 24.2 Å². The highest BCUT2D eigenvalue weighted by Gasteiger charge is 2.15. The fraction of sp³-hybridized carbons (Fsp3) is 0.111. The summed E-state index contributed by atoms with van der Waals surface area (Å²) in [4.78, 5) is 19.9. The van der Waals surface area contributed by atoms with Crippen molar-refractivity contribution < 1.29 is 9.47 Å². The molecule has 0 spiro atoms. The summed E-state index contributed by atoms with van der Waals surface area (Å²) in [7, 11) is 3.19. The molecule has 0 saturated heterocycles. The molecule has 0 atom stereocenters. The van der Waals surface area contributed by atoms with E-state index in [1.54, 1.807) is 38.5 Å². The predicted octanol–water partition coefficient (Wildman–Crippen LogP) is 4.23. The lowest BCUT2D eigenvalue weighted by Crippen LogP contribution is -1.92. The maximum Gasteiger partial charge on any atom is 0.160 e. The maximum absolute atomic E-state index is 11.5. The van der Waals surface area contributed by atoms with Crippen molar-refractivity contribution in [2.45, 2.75) is 0 Å². The van der Waals surface area contributed by atoms with Crippen molar-refractivity contribution in [2.24, 2.45) is 5.18 Å². The molecule has 1 aromatic heterocycles. The summed E-state index contributed by atoms with van der Waals surface area (Å²) in [6.07, 6.45) is 1.42. The van der Waals surface area contributed by atoms with Crippen molar-refractivity contribution >= 4 is 5.69 Å². The van der Waals surface area contributed by atoms with E-state index in [2.05, 4.69) is 15.1 Å². The lowest BCUT2D eigenvalue weighted by Gasteiger charge is -2.09. The van der Waals surface area contributed by atoms with Crippen LogP contribution in [0.2, 0.25) is 0 Å². The van der Waals surface area contributed by atoms with Gasteiger partial charge in [0.15, 0.2) is 5.69 Å². The minimum Gasteiger partial charge on any atom is -0.497 e. The largest absolute Gasteiger partial charge is 0.497 e. The SMILES string of the molecule is COc1ccc(-c2ncnc(-c3ccc(OC)cc3)c2N=O)cc1. The van der Waals surface area contributed by atoms with E-state index >= 15 is 0 Å². The Hall–Kier alpha value is -3.28. The Morgan fingerprint density at radius 3 is 1.50 bits per heavy atom. The van der Waals surface area contributed by atoms with E-state index in [0.717, 1.165) is 22.6 Å². The molecule has 3 aromatic rings. The van der Waals surface area contributed by atoms with Gasteiger partial charge in [0.05, 0.1) is 14.2 Å². The van der Waals surface area contributed by atoms with E-state index in [1.807, 2.05) is 24.3 Å². The first kappa shape index (κ1) is 15.6. The number of rotatable bonds is 5. The van der Waals surface area contributed by atoms with Crippen LogP contribution < -0.4 is 9.47 Å². The molecule has 3 rings (SSSR count). The summed E-state index contributed by atoms with van der Waals surface area (Å²) < 4.78 is 10.3. The number of nitrogens with zero attached hydrogens (tertiary/aromatic N) is 3. The van der Waals surface area contributed by atoms with Gasteiger partial charge in [0, 0.05) is 11.1 Å². The molecule has 6 heteroatoms. The van der Waals surface area contributed by atoms with Gasteiger partial charge in [0.25, 0.3) is 0 Å². The normalized spacial score (nSPS) is 10.2. The van der Waals surface area contributed by atoms with E-state index < -0.39 is 0 Å². The van der Waals surface area contributed by atoms with Crippen molar-refractivity contribution in [1.29, 1.82) is 0 Å². The monoisotopic (exact) mass is 321 g/mol. The topological polar surface area (TPSA) is 73.7 Å². The van der Waals surface area contributed by atoms with Gasteiger partial charge in [-0.2, -0.15) is 0 Å². The highest BCUT2D eigenvalue weighted by Crippen LogP contribution is 2.36. The Balaban J connectivity index is 2.09. The van der Waals surface area contributed by atoms with Crippen LogP contribution in [0.5, 0.6) is 11.5 Å². The van der Waals surface area contributed by atoms with Crippen LogP contribution >= 0.6 is 0 Å². The third kappa shape index (κ3) is 2.94. The van der Waals surface area contributed by atoms with Gasteiger partial charge in [-0.05, 0) is 53.7 Å². The van der Waals surface area contributed by atoms with Crippen LogP contribution in [0, 0.1) is 4.91 Å². The molecule has 120 valence electrons. The fourth-order valence-corrected chi connectivity index (χ4v) is 2.39. The van der Waals surface area contributed by atoms with Gasteiger partial charge >= 0.3 is 0 Å². The smallest absolute Gasteiger partial charge is 0.160 e. The van der Waals surface area contributed by atoms with E-state index in [1.165, 1.54) is 6.33 Å². The standard InChI is InChI=1S/C18H15N3O3/c1-23-14-7-3-12(4-8-14)16-18(21-22)17(20-11-19-16)13-5-9-15(24-2)10-6-13/h3-11H,1-2H3. The zero-order valence-electron chi connectivity index (χ0n) is 13.3. The lowest BCUT2D eigenvalue weighted by atomic mass is 10.0. The molecule has 0 amide bonds. The number of hydrogen-bond donors (Lipinski definition) is 0. The van der Waals surface area contributed by atoms with Gasteiger partial charge in [-0.25, -0.2) is 9.97 Å². The Bertz CT molecular complexity index is 781. The number of ether oxygens (including phenoxy) is 2. The Morgan fingerprint density at radius 1 is 0.750 bits per heavy atom. The second-order valence-corrected chi connectivity index (χ2v) is 4.97. The van der Waals surface area contributed by atoms with Crippen molar-refractivity contribution in [3.63, 3.8) is 0 Å². The maximum atomic E-state index is 11.5. The molecule has 24 heavy (non-hydrogen) atoms. The summed E-state index contributed by atoms with van der Waals surface area (Å²) in [5, 5.41) is 3.17. The molecule has 0 saturated carbocycles. The number of hydrogen-bond acceptors (Lipinski definition) is 6. The molecule has 0 fully saturated rings. The van der Waals surface area contributed by atoms with Crippen LogP contribution in [0.25, 0.3) is 22.5 Å². The van der Waals surface area contributed by atoms with Gasteiger partial charge < -0.3 is 9.47 Å². The molecule has 1 heterocycles. The van der Waals surface area contributed by atoms with Crippen LogP contribution in [-0.2, 0) is 0 Å². The third-order valence-corrected chi connectivity index (χ3v) is 3.64. The number of aromatic nitrogens is 2. The molecule has 6 nitrogen and oxygen atoms in total. The van der Waals surface area contributed by atoms with Crippen LogP contribution in [0.3, 0.4) is 0 Å². The van der Waals surface area contributed by atoms with Crippen molar-refractivity contribution in [2.75, 3.05) is 14.2 Å². The van der Waals surface area contributed by atoms with Crippen LogP contribution in [0.15, 0.2) is 60.0 Å².